The van der Waals surface area contributed by atoms with Crippen LogP contribution in [-0.2, 0) is 0 Å². The summed E-state index contributed by atoms with van der Waals surface area (Å²) in [6, 6.07) is 6.76. The molecule has 0 aliphatic heterocycles. The van der Waals surface area contributed by atoms with E-state index in [0.29, 0.717) is 5.92 Å². The third kappa shape index (κ3) is 2.30. The number of rotatable bonds is 2. The van der Waals surface area contributed by atoms with Gasteiger partial charge in [-0.05, 0) is 44.7 Å². The normalized spacial score (nSPS) is 20.5. The van der Waals surface area contributed by atoms with Crippen molar-refractivity contribution >= 4 is 14.7 Å². The summed E-state index contributed by atoms with van der Waals surface area (Å²) in [5, 5.41) is 3.35. The van der Waals surface area contributed by atoms with Gasteiger partial charge in [-0.15, -0.1) is 0 Å². The molecule has 90 valence electrons. The summed E-state index contributed by atoms with van der Waals surface area (Å²) >= 11 is 0. The maximum absolute atomic E-state index is 2.42. The fourth-order valence-corrected chi connectivity index (χ4v) is 4.89. The van der Waals surface area contributed by atoms with Crippen molar-refractivity contribution in [2.24, 2.45) is 5.92 Å². The van der Waals surface area contributed by atoms with E-state index < -0.39 is 0 Å². The highest BCUT2D eigenvalue weighted by Gasteiger charge is 2.19. The van der Waals surface area contributed by atoms with Crippen molar-refractivity contribution in [3.8, 4) is 0 Å². The zero-order valence-corrected chi connectivity index (χ0v) is 13.0. The smallest absolute Gasteiger partial charge is 0.0748 e. The Morgan fingerprint density at radius 3 is 2.35 bits per heavy atom. The second kappa shape index (κ2) is 4.65. The predicted molar refractivity (Wildman–Crippen MR) is 79.7 cm³/mol. The summed E-state index contributed by atoms with van der Waals surface area (Å²) in [5.41, 5.74) is 6.00. The standard InChI is InChI=1S/C16H22Si/c1-10-7-6-8-15(13(10)4)17-16-12(3)9-11(2)14(16)5/h6-9,12H,17H2,1-5H3. The van der Waals surface area contributed by atoms with Crippen LogP contribution in [0.1, 0.15) is 31.9 Å². The zero-order chi connectivity index (χ0) is 12.6. The highest BCUT2D eigenvalue weighted by molar-refractivity contribution is 6.62. The van der Waals surface area contributed by atoms with Crippen molar-refractivity contribution in [1.82, 2.24) is 0 Å². The molecule has 0 spiro atoms. The molecule has 0 bridgehead atoms. The molecule has 1 aromatic carbocycles. The van der Waals surface area contributed by atoms with Crippen molar-refractivity contribution in [2.45, 2.75) is 34.6 Å². The molecule has 0 fully saturated rings. The summed E-state index contributed by atoms with van der Waals surface area (Å²) in [5.74, 6) is 0.668. The maximum Gasteiger partial charge on any atom is 0.0839 e. The Kier molecular flexibility index (Phi) is 3.39. The first kappa shape index (κ1) is 12.4. The first-order chi connectivity index (χ1) is 8.00. The second-order valence-electron chi connectivity index (χ2n) is 5.32. The largest absolute Gasteiger partial charge is 0.0839 e. The molecular formula is C16H22Si. The minimum Gasteiger partial charge on any atom is -0.0748 e. The highest BCUT2D eigenvalue weighted by Crippen LogP contribution is 2.29. The Balaban J connectivity index is 2.32. The van der Waals surface area contributed by atoms with Gasteiger partial charge in [-0.2, -0.15) is 0 Å². The van der Waals surface area contributed by atoms with Crippen molar-refractivity contribution < 1.29 is 0 Å². The quantitative estimate of drug-likeness (QED) is 0.700. The van der Waals surface area contributed by atoms with Crippen molar-refractivity contribution in [2.75, 3.05) is 0 Å². The molecule has 0 nitrogen and oxygen atoms in total. The lowest BCUT2D eigenvalue weighted by atomic mass is 10.1. The second-order valence-corrected chi connectivity index (χ2v) is 7.20. The summed E-state index contributed by atoms with van der Waals surface area (Å²) in [7, 11) is -0.284. The van der Waals surface area contributed by atoms with Crippen LogP contribution in [-0.4, -0.2) is 9.52 Å². The molecule has 1 unspecified atom stereocenters. The van der Waals surface area contributed by atoms with Crippen LogP contribution >= 0.6 is 0 Å². The van der Waals surface area contributed by atoms with Gasteiger partial charge in [-0.1, -0.05) is 52.7 Å². The number of benzene rings is 1. The Morgan fingerprint density at radius 2 is 1.76 bits per heavy atom. The van der Waals surface area contributed by atoms with E-state index in [9.17, 15) is 0 Å². The molecule has 0 radical (unpaired) electrons. The molecule has 17 heavy (non-hydrogen) atoms. The van der Waals surface area contributed by atoms with Gasteiger partial charge in [0.05, 0.1) is 9.52 Å². The lowest BCUT2D eigenvalue weighted by Gasteiger charge is -2.13. The molecular weight excluding hydrogens is 220 g/mol. The summed E-state index contributed by atoms with van der Waals surface area (Å²) in [4.78, 5) is 0. The Hall–Kier alpha value is -1.08. The van der Waals surface area contributed by atoms with Crippen LogP contribution in [0.4, 0.5) is 0 Å². The molecule has 0 amide bonds. The van der Waals surface area contributed by atoms with Gasteiger partial charge in [0.1, 0.15) is 0 Å². The SMILES string of the molecule is CC1=CC(C)C([SiH2]c2cccc(C)c2C)=C1C. The van der Waals surface area contributed by atoms with Crippen LogP contribution in [0.2, 0.25) is 0 Å². The van der Waals surface area contributed by atoms with Gasteiger partial charge >= 0.3 is 0 Å². The number of hydrogen-bond donors (Lipinski definition) is 0. The topological polar surface area (TPSA) is 0 Å². The van der Waals surface area contributed by atoms with Gasteiger partial charge in [-0.25, -0.2) is 0 Å². The van der Waals surface area contributed by atoms with E-state index in [4.69, 9.17) is 0 Å². The van der Waals surface area contributed by atoms with Crippen LogP contribution in [0.5, 0.6) is 0 Å². The van der Waals surface area contributed by atoms with Crippen molar-refractivity contribution in [1.29, 1.82) is 0 Å². The van der Waals surface area contributed by atoms with Crippen LogP contribution in [0, 0.1) is 19.8 Å². The molecule has 1 aliphatic rings. The summed E-state index contributed by atoms with van der Waals surface area (Å²) in [6.45, 7) is 11.4. The van der Waals surface area contributed by atoms with E-state index in [2.05, 4.69) is 58.9 Å². The summed E-state index contributed by atoms with van der Waals surface area (Å²) < 4.78 is 0. The molecule has 0 saturated heterocycles. The Bertz CT molecular complexity index is 506. The third-order valence-electron chi connectivity index (χ3n) is 4.22. The summed E-state index contributed by atoms with van der Waals surface area (Å²) in [6.07, 6.45) is 2.42. The molecule has 2 rings (SSSR count). The zero-order valence-electron chi connectivity index (χ0n) is 11.6. The number of hydrogen-bond acceptors (Lipinski definition) is 0. The van der Waals surface area contributed by atoms with Crippen LogP contribution in [0.15, 0.2) is 40.6 Å². The predicted octanol–water partition coefficient (Wildman–Crippen LogP) is 2.97. The van der Waals surface area contributed by atoms with Gasteiger partial charge in [0.25, 0.3) is 0 Å². The van der Waals surface area contributed by atoms with Crippen molar-refractivity contribution in [3.05, 3.63) is 51.7 Å². The van der Waals surface area contributed by atoms with Crippen LogP contribution < -0.4 is 5.19 Å². The van der Waals surface area contributed by atoms with Gasteiger partial charge < -0.3 is 0 Å². The average Bonchev–Trinajstić information content (AvgIpc) is 2.51. The number of aryl methyl sites for hydroxylation is 1. The fraction of sp³-hybridized carbons (Fsp3) is 0.375. The molecule has 1 heteroatoms. The van der Waals surface area contributed by atoms with E-state index in [0.717, 1.165) is 0 Å². The molecule has 0 heterocycles. The Labute approximate surface area is 107 Å². The van der Waals surface area contributed by atoms with Crippen LogP contribution in [0.3, 0.4) is 0 Å². The monoisotopic (exact) mass is 242 g/mol. The molecule has 1 aliphatic carbocycles. The average molecular weight is 242 g/mol. The van der Waals surface area contributed by atoms with Crippen LogP contribution in [0.25, 0.3) is 0 Å². The van der Waals surface area contributed by atoms with E-state index in [1.807, 2.05) is 0 Å². The van der Waals surface area contributed by atoms with Gasteiger partial charge in [-0.3, -0.25) is 0 Å². The molecule has 0 aromatic heterocycles. The lowest BCUT2D eigenvalue weighted by Crippen LogP contribution is -2.22. The van der Waals surface area contributed by atoms with E-state index >= 15 is 0 Å². The third-order valence-corrected chi connectivity index (χ3v) is 6.92. The first-order valence-electron chi connectivity index (χ1n) is 6.44. The van der Waals surface area contributed by atoms with E-state index in [1.165, 1.54) is 16.7 Å². The number of allylic oxidation sites excluding steroid dienone is 4. The van der Waals surface area contributed by atoms with E-state index in [1.54, 1.807) is 16.0 Å². The van der Waals surface area contributed by atoms with Gasteiger partial charge in [0.15, 0.2) is 0 Å². The fourth-order valence-electron chi connectivity index (χ4n) is 2.70. The minimum absolute atomic E-state index is 0.284. The van der Waals surface area contributed by atoms with Gasteiger partial charge in [0.2, 0.25) is 0 Å². The molecule has 0 N–H and O–H groups in total. The Morgan fingerprint density at radius 1 is 1.06 bits per heavy atom. The lowest BCUT2D eigenvalue weighted by molar-refractivity contribution is 0.928. The first-order valence-corrected chi connectivity index (χ1v) is 7.85. The molecule has 0 saturated carbocycles. The van der Waals surface area contributed by atoms with Crippen molar-refractivity contribution in [3.63, 3.8) is 0 Å². The maximum atomic E-state index is 2.42. The highest BCUT2D eigenvalue weighted by atomic mass is 28.2. The van der Waals surface area contributed by atoms with Gasteiger partial charge in [0, 0.05) is 0 Å². The molecule has 1 aromatic rings. The van der Waals surface area contributed by atoms with E-state index in [-0.39, 0.29) is 9.52 Å². The molecule has 1 atom stereocenters. The minimum atomic E-state index is -0.284.